The van der Waals surface area contributed by atoms with Crippen LogP contribution in [-0.2, 0) is 14.4 Å². The zero-order valence-corrected chi connectivity index (χ0v) is 13.3. The van der Waals surface area contributed by atoms with Crippen molar-refractivity contribution >= 4 is 21.8 Å². The summed E-state index contributed by atoms with van der Waals surface area (Å²) in [7, 11) is -4.66. The summed E-state index contributed by atoms with van der Waals surface area (Å²) < 4.78 is 27.3. The van der Waals surface area contributed by atoms with E-state index < -0.39 is 36.6 Å². The summed E-state index contributed by atoms with van der Waals surface area (Å²) in [5.41, 5.74) is 6.59. The largest absolute Gasteiger partial charge is 1.00 e. The topological polar surface area (TPSA) is 182 Å². The molecule has 108 valence electrons. The summed E-state index contributed by atoms with van der Waals surface area (Å²) in [6, 6.07) is 4.31. The van der Waals surface area contributed by atoms with Gasteiger partial charge in [0, 0.05) is 6.07 Å². The second-order valence-electron chi connectivity index (χ2n) is 3.04. The third-order valence-electron chi connectivity index (χ3n) is 1.74. The molecule has 0 atom stereocenters. The van der Waals surface area contributed by atoms with Gasteiger partial charge in [0.1, 0.15) is 11.0 Å². The Morgan fingerprint density at radius 1 is 1.29 bits per heavy atom. The molecule has 0 saturated carbocycles. The van der Waals surface area contributed by atoms with Crippen LogP contribution in [0.4, 0.5) is 5.69 Å². The number of guanidine groups is 1. The molecule has 0 heterocycles. The number of benzene rings is 1. The Hall–Kier alpha value is -1.96. The Morgan fingerprint density at radius 3 is 2.38 bits per heavy atom. The Balaban J connectivity index is 0.00000400. The fourth-order valence-electron chi connectivity index (χ4n) is 1.05. The first kappa shape index (κ1) is 19.0. The predicted molar refractivity (Wildman–Crippen MR) is 63.3 cm³/mol. The molecular formula is C7H6N5NaO7S. The van der Waals surface area contributed by atoms with Crippen LogP contribution in [0.15, 0.2) is 34.3 Å². The standard InChI is InChI=1S/C7H6N5O7S.Na/c8-7(9-12(15)16)10-19-20(17,18)6-4-2-1-3-5(6)11(13)14;/h1-4H,(H2-,8,9,10);/q-1;+1. The average Bonchev–Trinajstić information content (AvgIpc) is 2.36. The smallest absolute Gasteiger partial charge is 0.446 e. The third-order valence-corrected chi connectivity index (χ3v) is 2.90. The number of hydrogen-bond acceptors (Lipinski definition) is 8. The number of hydrogen-bond donors (Lipinski definition) is 1. The molecule has 0 amide bonds. The zero-order chi connectivity index (χ0) is 15.3. The molecule has 0 unspecified atom stereocenters. The van der Waals surface area contributed by atoms with Crippen molar-refractivity contribution in [2.45, 2.75) is 4.90 Å². The van der Waals surface area contributed by atoms with Gasteiger partial charge in [0.05, 0.1) is 4.92 Å². The van der Waals surface area contributed by atoms with E-state index in [0.717, 1.165) is 12.1 Å². The molecule has 1 aromatic carbocycles. The number of nitro benzene ring substituents is 1. The molecule has 0 fully saturated rings. The maximum atomic E-state index is 11.6. The summed E-state index contributed by atoms with van der Waals surface area (Å²) >= 11 is 0. The van der Waals surface area contributed by atoms with Crippen LogP contribution in [0.5, 0.6) is 0 Å². The first-order valence-electron chi connectivity index (χ1n) is 4.60. The van der Waals surface area contributed by atoms with E-state index in [4.69, 9.17) is 5.73 Å². The van der Waals surface area contributed by atoms with Crippen molar-refractivity contribution in [1.29, 1.82) is 0 Å². The summed E-state index contributed by atoms with van der Waals surface area (Å²) in [4.78, 5) is 18.9. The molecule has 0 spiro atoms. The van der Waals surface area contributed by atoms with Gasteiger partial charge in [0.25, 0.3) is 5.69 Å². The van der Waals surface area contributed by atoms with Gasteiger partial charge in [-0.05, 0) is 6.07 Å². The van der Waals surface area contributed by atoms with Crippen LogP contribution >= 0.6 is 0 Å². The average molecular weight is 327 g/mol. The Labute approximate surface area is 139 Å². The van der Waals surface area contributed by atoms with E-state index in [0.29, 0.717) is 0 Å². The van der Waals surface area contributed by atoms with E-state index in [1.54, 1.807) is 0 Å². The van der Waals surface area contributed by atoms with Gasteiger partial charge in [-0.1, -0.05) is 17.6 Å². The van der Waals surface area contributed by atoms with Gasteiger partial charge in [-0.2, -0.15) is 13.6 Å². The number of nitrogens with two attached hydrogens (primary N) is 1. The molecule has 0 radical (unpaired) electrons. The minimum Gasteiger partial charge on any atom is -0.446 e. The summed E-state index contributed by atoms with van der Waals surface area (Å²) in [6.45, 7) is 0. The molecule has 12 nitrogen and oxygen atoms in total. The van der Waals surface area contributed by atoms with Crippen LogP contribution in [-0.4, -0.2) is 24.3 Å². The van der Waals surface area contributed by atoms with E-state index in [1.807, 2.05) is 0 Å². The molecule has 0 aliphatic carbocycles. The van der Waals surface area contributed by atoms with E-state index in [9.17, 15) is 28.6 Å². The molecule has 1 aromatic rings. The second-order valence-corrected chi connectivity index (χ2v) is 4.54. The molecule has 0 saturated heterocycles. The maximum Gasteiger partial charge on any atom is 1.00 e. The van der Waals surface area contributed by atoms with Crippen LogP contribution < -0.4 is 35.3 Å². The van der Waals surface area contributed by atoms with Gasteiger partial charge >= 0.3 is 39.7 Å². The van der Waals surface area contributed by atoms with Crippen molar-refractivity contribution in [2.75, 3.05) is 0 Å². The van der Waals surface area contributed by atoms with Gasteiger partial charge in [-0.3, -0.25) is 10.1 Å². The monoisotopic (exact) mass is 327 g/mol. The van der Waals surface area contributed by atoms with Crippen molar-refractivity contribution in [3.63, 3.8) is 0 Å². The number of rotatable bonds is 5. The first-order chi connectivity index (χ1) is 9.24. The Bertz CT molecular complexity index is 676. The number of oxime groups is 1. The van der Waals surface area contributed by atoms with Gasteiger partial charge in [0.2, 0.25) is 0 Å². The van der Waals surface area contributed by atoms with Crippen LogP contribution in [0.25, 0.3) is 5.43 Å². The number of para-hydroxylation sites is 1. The van der Waals surface area contributed by atoms with Crippen LogP contribution in [0.3, 0.4) is 0 Å². The van der Waals surface area contributed by atoms with Gasteiger partial charge in [0.15, 0.2) is 4.90 Å². The molecule has 0 aliphatic rings. The SMILES string of the molecule is N/C(=N\OS(=O)(=O)c1ccccc1[N+](=O)[O-])[N-][N+](=O)[O-].[Na+]. The normalized spacial score (nSPS) is 11.1. The maximum absolute atomic E-state index is 11.6. The molecular weight excluding hydrogens is 321 g/mol. The Kier molecular flexibility index (Phi) is 7.00. The third kappa shape index (κ3) is 5.50. The van der Waals surface area contributed by atoms with Crippen molar-refractivity contribution in [2.24, 2.45) is 10.9 Å². The van der Waals surface area contributed by atoms with Crippen LogP contribution in [0.2, 0.25) is 0 Å². The van der Waals surface area contributed by atoms with E-state index >= 15 is 0 Å². The molecule has 0 aromatic heterocycles. The second kappa shape index (κ2) is 7.72. The number of nitrogens with zero attached hydrogens (tertiary/aromatic N) is 4. The van der Waals surface area contributed by atoms with Crippen molar-refractivity contribution in [3.05, 3.63) is 49.9 Å². The van der Waals surface area contributed by atoms with Gasteiger partial charge in [-0.15, -0.1) is 0 Å². The minimum atomic E-state index is -4.66. The summed E-state index contributed by atoms with van der Waals surface area (Å²) in [5.74, 6) is -1.07. The van der Waals surface area contributed by atoms with E-state index in [2.05, 4.69) is 14.9 Å². The Morgan fingerprint density at radius 2 is 1.86 bits per heavy atom. The molecule has 14 heteroatoms. The van der Waals surface area contributed by atoms with Crippen LogP contribution in [0, 0.1) is 20.2 Å². The fraction of sp³-hybridized carbons (Fsp3) is 0. The molecule has 0 aliphatic heterocycles. The quantitative estimate of drug-likeness (QED) is 0.196. The van der Waals surface area contributed by atoms with Gasteiger partial charge < -0.3 is 10.0 Å². The zero-order valence-electron chi connectivity index (χ0n) is 10.4. The molecule has 21 heavy (non-hydrogen) atoms. The first-order valence-corrected chi connectivity index (χ1v) is 6.01. The van der Waals surface area contributed by atoms with E-state index in [-0.39, 0.29) is 29.6 Å². The summed E-state index contributed by atoms with van der Waals surface area (Å²) in [5, 5.41) is 22.1. The van der Waals surface area contributed by atoms with Crippen molar-refractivity contribution in [3.8, 4) is 0 Å². The molecule has 2 N–H and O–H groups in total. The summed E-state index contributed by atoms with van der Waals surface area (Å²) in [6.07, 6.45) is 0. The van der Waals surface area contributed by atoms with Crippen molar-refractivity contribution < 1.29 is 52.2 Å². The molecule has 0 bridgehead atoms. The minimum absolute atomic E-state index is 0. The van der Waals surface area contributed by atoms with Crippen molar-refractivity contribution in [1.82, 2.24) is 0 Å². The fourth-order valence-corrected chi connectivity index (χ4v) is 1.95. The van der Waals surface area contributed by atoms with E-state index in [1.165, 1.54) is 12.1 Å². The number of nitro groups is 2. The predicted octanol–water partition coefficient (Wildman–Crippen LogP) is -2.90. The van der Waals surface area contributed by atoms with Crippen LogP contribution in [0.1, 0.15) is 0 Å². The van der Waals surface area contributed by atoms with Gasteiger partial charge in [-0.25, -0.2) is 10.1 Å². The molecule has 1 rings (SSSR count).